The number of halogens is 1. The van der Waals surface area contributed by atoms with E-state index in [1.54, 1.807) is 4.68 Å². The molecule has 0 N–H and O–H groups in total. The van der Waals surface area contributed by atoms with E-state index in [-0.39, 0.29) is 17.4 Å². The zero-order valence-corrected chi connectivity index (χ0v) is 12.1. The van der Waals surface area contributed by atoms with Crippen molar-refractivity contribution < 1.29 is 9.18 Å². The molecule has 1 aromatic heterocycles. The Morgan fingerprint density at radius 1 is 1.35 bits per heavy atom. The highest BCUT2D eigenvalue weighted by molar-refractivity contribution is 7.99. The summed E-state index contributed by atoms with van der Waals surface area (Å²) < 4.78 is 14.5. The molecule has 0 aliphatic rings. The van der Waals surface area contributed by atoms with Gasteiger partial charge in [0.2, 0.25) is 5.16 Å². The summed E-state index contributed by atoms with van der Waals surface area (Å²) in [5, 5.41) is 12.0. The van der Waals surface area contributed by atoms with Crippen molar-refractivity contribution >= 4 is 17.5 Å². The van der Waals surface area contributed by atoms with Gasteiger partial charge >= 0.3 is 0 Å². The second-order valence-electron chi connectivity index (χ2n) is 4.76. The lowest BCUT2D eigenvalue weighted by atomic mass is 10.1. The number of tetrazole rings is 1. The zero-order valence-electron chi connectivity index (χ0n) is 11.3. The first-order valence-corrected chi connectivity index (χ1v) is 7.22. The van der Waals surface area contributed by atoms with E-state index >= 15 is 0 Å². The van der Waals surface area contributed by atoms with Crippen LogP contribution in [-0.4, -0.2) is 31.7 Å². The van der Waals surface area contributed by atoms with Gasteiger partial charge in [0, 0.05) is 12.1 Å². The minimum Gasteiger partial charge on any atom is -0.293 e. The molecule has 0 saturated heterocycles. The second kappa shape index (κ2) is 6.60. The Morgan fingerprint density at radius 3 is 2.70 bits per heavy atom. The number of nitrogens with zero attached hydrogens (tertiary/aromatic N) is 4. The fourth-order valence-electron chi connectivity index (χ4n) is 1.61. The maximum Gasteiger partial charge on any atom is 0.209 e. The van der Waals surface area contributed by atoms with E-state index in [4.69, 9.17) is 0 Å². The van der Waals surface area contributed by atoms with Crippen LogP contribution in [0.3, 0.4) is 0 Å². The van der Waals surface area contributed by atoms with Crippen LogP contribution >= 0.6 is 11.8 Å². The van der Waals surface area contributed by atoms with Gasteiger partial charge in [0.05, 0.1) is 5.75 Å². The Bertz CT molecular complexity index is 582. The van der Waals surface area contributed by atoms with Gasteiger partial charge in [-0.05, 0) is 40.6 Å². The van der Waals surface area contributed by atoms with Crippen molar-refractivity contribution in [3.8, 4) is 0 Å². The zero-order chi connectivity index (χ0) is 14.5. The predicted octanol–water partition coefficient (Wildman–Crippen LogP) is 2.44. The third kappa shape index (κ3) is 3.86. The topological polar surface area (TPSA) is 60.7 Å². The van der Waals surface area contributed by atoms with Gasteiger partial charge in [-0.25, -0.2) is 9.07 Å². The molecule has 0 fully saturated rings. The van der Waals surface area contributed by atoms with E-state index in [1.807, 2.05) is 0 Å². The molecular formula is C13H15FN4OS. The molecule has 1 heterocycles. The normalized spacial score (nSPS) is 11.0. The first-order valence-electron chi connectivity index (χ1n) is 6.24. The van der Waals surface area contributed by atoms with Gasteiger partial charge < -0.3 is 0 Å². The lowest BCUT2D eigenvalue weighted by Crippen LogP contribution is -2.09. The molecule has 7 heteroatoms. The average molecular weight is 294 g/mol. The van der Waals surface area contributed by atoms with Crippen LogP contribution < -0.4 is 0 Å². The number of Topliss-reactive ketones (excluding diaryl/α,β-unsaturated/α-hetero) is 1. The average Bonchev–Trinajstić information content (AvgIpc) is 2.83. The van der Waals surface area contributed by atoms with Crippen molar-refractivity contribution in [2.45, 2.75) is 25.5 Å². The second-order valence-corrected chi connectivity index (χ2v) is 5.70. The van der Waals surface area contributed by atoms with E-state index in [9.17, 15) is 9.18 Å². The SMILES string of the molecule is CC(C)Cn1nnnc1SCC(=O)c1ccc(F)cc1. The van der Waals surface area contributed by atoms with Crippen LogP contribution in [-0.2, 0) is 6.54 Å². The number of thioether (sulfide) groups is 1. The van der Waals surface area contributed by atoms with Crippen LogP contribution in [0.15, 0.2) is 29.4 Å². The number of carbonyl (C=O) groups is 1. The van der Waals surface area contributed by atoms with Gasteiger partial charge in [-0.15, -0.1) is 5.10 Å². The summed E-state index contributed by atoms with van der Waals surface area (Å²) in [6, 6.07) is 5.52. The fraction of sp³-hybridized carbons (Fsp3) is 0.385. The van der Waals surface area contributed by atoms with Crippen LogP contribution in [0.1, 0.15) is 24.2 Å². The molecule has 2 rings (SSSR count). The van der Waals surface area contributed by atoms with Gasteiger partial charge in [0.15, 0.2) is 5.78 Å². The Hall–Kier alpha value is -1.76. The van der Waals surface area contributed by atoms with Crippen LogP contribution in [0.2, 0.25) is 0 Å². The summed E-state index contributed by atoms with van der Waals surface area (Å²) >= 11 is 1.29. The third-order valence-electron chi connectivity index (χ3n) is 2.54. The summed E-state index contributed by atoms with van der Waals surface area (Å²) in [5.41, 5.74) is 0.488. The van der Waals surface area contributed by atoms with Crippen molar-refractivity contribution in [2.75, 3.05) is 5.75 Å². The minimum absolute atomic E-state index is 0.0749. The predicted molar refractivity (Wildman–Crippen MR) is 74.1 cm³/mol. The third-order valence-corrected chi connectivity index (χ3v) is 3.49. The van der Waals surface area contributed by atoms with Crippen LogP contribution in [0.4, 0.5) is 4.39 Å². The lowest BCUT2D eigenvalue weighted by Gasteiger charge is -2.06. The molecule has 0 aliphatic heterocycles. The summed E-state index contributed by atoms with van der Waals surface area (Å²) in [5.74, 6) is 0.222. The molecule has 0 radical (unpaired) electrons. The van der Waals surface area contributed by atoms with E-state index < -0.39 is 0 Å². The number of ketones is 1. The standard InChI is InChI=1S/C13H15FN4OS/c1-9(2)7-18-13(15-16-17-18)20-8-12(19)10-3-5-11(14)6-4-10/h3-6,9H,7-8H2,1-2H3. The molecule has 2 aromatic rings. The number of carbonyl (C=O) groups excluding carboxylic acids is 1. The maximum atomic E-state index is 12.8. The summed E-state index contributed by atoms with van der Waals surface area (Å²) in [7, 11) is 0. The van der Waals surface area contributed by atoms with Crippen LogP contribution in [0.5, 0.6) is 0 Å². The molecule has 20 heavy (non-hydrogen) atoms. The van der Waals surface area contributed by atoms with Crippen molar-refractivity contribution in [1.82, 2.24) is 20.2 Å². The summed E-state index contributed by atoms with van der Waals surface area (Å²) in [6.07, 6.45) is 0. The van der Waals surface area contributed by atoms with Crippen molar-refractivity contribution in [3.05, 3.63) is 35.6 Å². The number of benzene rings is 1. The first kappa shape index (κ1) is 14.6. The lowest BCUT2D eigenvalue weighted by molar-refractivity contribution is 0.102. The minimum atomic E-state index is -0.352. The molecule has 1 aromatic carbocycles. The molecule has 0 spiro atoms. The quantitative estimate of drug-likeness (QED) is 0.605. The van der Waals surface area contributed by atoms with E-state index in [0.29, 0.717) is 23.2 Å². The van der Waals surface area contributed by atoms with E-state index in [1.165, 1.54) is 36.0 Å². The van der Waals surface area contributed by atoms with Gasteiger partial charge in [-0.2, -0.15) is 0 Å². The largest absolute Gasteiger partial charge is 0.293 e. The number of aromatic nitrogens is 4. The monoisotopic (exact) mass is 294 g/mol. The molecule has 5 nitrogen and oxygen atoms in total. The Balaban J connectivity index is 1.96. The number of hydrogen-bond donors (Lipinski definition) is 0. The molecular weight excluding hydrogens is 279 g/mol. The highest BCUT2D eigenvalue weighted by atomic mass is 32.2. The summed E-state index contributed by atoms with van der Waals surface area (Å²) in [4.78, 5) is 12.0. The number of rotatable bonds is 6. The van der Waals surface area contributed by atoms with Gasteiger partial charge in [0.25, 0.3) is 0 Å². The summed E-state index contributed by atoms with van der Waals surface area (Å²) in [6.45, 7) is 4.85. The van der Waals surface area contributed by atoms with Crippen LogP contribution in [0, 0.1) is 11.7 Å². The molecule has 106 valence electrons. The van der Waals surface area contributed by atoms with Gasteiger partial charge in [-0.1, -0.05) is 25.6 Å². The first-order chi connectivity index (χ1) is 9.56. The fourth-order valence-corrected chi connectivity index (χ4v) is 2.39. The Morgan fingerprint density at radius 2 is 2.05 bits per heavy atom. The highest BCUT2D eigenvalue weighted by Crippen LogP contribution is 2.17. The van der Waals surface area contributed by atoms with Crippen molar-refractivity contribution in [3.63, 3.8) is 0 Å². The molecule has 0 aliphatic carbocycles. The Kier molecular flexibility index (Phi) is 4.84. The Labute approximate surface area is 120 Å². The van der Waals surface area contributed by atoms with E-state index in [0.717, 1.165) is 0 Å². The van der Waals surface area contributed by atoms with Crippen LogP contribution in [0.25, 0.3) is 0 Å². The van der Waals surface area contributed by atoms with Crippen molar-refractivity contribution in [1.29, 1.82) is 0 Å². The molecule has 0 unspecified atom stereocenters. The van der Waals surface area contributed by atoms with Gasteiger partial charge in [0.1, 0.15) is 5.82 Å². The maximum absolute atomic E-state index is 12.8. The molecule has 0 atom stereocenters. The molecule has 0 bridgehead atoms. The smallest absolute Gasteiger partial charge is 0.209 e. The number of hydrogen-bond acceptors (Lipinski definition) is 5. The van der Waals surface area contributed by atoms with E-state index in [2.05, 4.69) is 29.4 Å². The van der Waals surface area contributed by atoms with Crippen molar-refractivity contribution in [2.24, 2.45) is 5.92 Å². The highest BCUT2D eigenvalue weighted by Gasteiger charge is 2.12. The molecule has 0 saturated carbocycles. The molecule has 0 amide bonds. The van der Waals surface area contributed by atoms with Gasteiger partial charge in [-0.3, -0.25) is 4.79 Å².